The molecular weight excluding hydrogens is 336 g/mol. The molecule has 26 heavy (non-hydrogen) atoms. The highest BCUT2D eigenvalue weighted by Gasteiger charge is 2.23. The molecule has 134 valence electrons. The van der Waals surface area contributed by atoms with Gasteiger partial charge in [-0.2, -0.15) is 0 Å². The molecule has 3 heteroatoms. The first-order valence-corrected chi connectivity index (χ1v) is 10.9. The third kappa shape index (κ3) is 2.87. The van der Waals surface area contributed by atoms with Crippen LogP contribution in [0.3, 0.4) is 0 Å². The van der Waals surface area contributed by atoms with Crippen molar-refractivity contribution in [2.75, 3.05) is 25.4 Å². The van der Waals surface area contributed by atoms with Crippen LogP contribution in [0.25, 0.3) is 22.2 Å². The molecule has 1 aromatic heterocycles. The summed E-state index contributed by atoms with van der Waals surface area (Å²) in [5.41, 5.74) is 5.88. The van der Waals surface area contributed by atoms with Gasteiger partial charge < -0.3 is 9.47 Å². The average molecular weight is 363 g/mol. The highest BCUT2D eigenvalue weighted by atomic mass is 32.2. The molecule has 0 atom stereocenters. The number of nitrogens with zero attached hydrogens (tertiary/aromatic N) is 2. The molecule has 0 N–H and O–H groups in total. The lowest BCUT2D eigenvalue weighted by Crippen LogP contribution is -2.21. The predicted octanol–water partition coefficient (Wildman–Crippen LogP) is 5.44. The average Bonchev–Trinajstić information content (AvgIpc) is 3.25. The maximum absolute atomic E-state index is 2.63. The molecule has 0 spiro atoms. The second-order valence-electron chi connectivity index (χ2n) is 7.49. The Morgan fingerprint density at radius 2 is 1.69 bits per heavy atom. The number of aromatic nitrogens is 1. The van der Waals surface area contributed by atoms with Gasteiger partial charge in [0.05, 0.1) is 5.69 Å². The smallest absolute Gasteiger partial charge is 0.0535 e. The van der Waals surface area contributed by atoms with Crippen LogP contribution in [0.2, 0.25) is 0 Å². The number of hydrogen-bond acceptors (Lipinski definition) is 2. The fourth-order valence-electron chi connectivity index (χ4n) is 4.68. The largest absolute Gasteiger partial charge is 0.340 e. The van der Waals surface area contributed by atoms with Crippen molar-refractivity contribution in [3.05, 3.63) is 54.1 Å². The SMILES string of the molecule is c1ccc2c(c1)SCCc1c-2n(CCCN2CCCC2)c2ccccc12. The molecule has 3 aromatic rings. The van der Waals surface area contributed by atoms with E-state index >= 15 is 0 Å². The summed E-state index contributed by atoms with van der Waals surface area (Å²) < 4.78 is 2.62. The van der Waals surface area contributed by atoms with Crippen LogP contribution in [0.4, 0.5) is 0 Å². The van der Waals surface area contributed by atoms with Crippen LogP contribution in [-0.4, -0.2) is 34.9 Å². The summed E-state index contributed by atoms with van der Waals surface area (Å²) in [6, 6.07) is 18.0. The van der Waals surface area contributed by atoms with Gasteiger partial charge in [0, 0.05) is 33.7 Å². The van der Waals surface area contributed by atoms with Crippen molar-refractivity contribution >= 4 is 22.7 Å². The lowest BCUT2D eigenvalue weighted by atomic mass is 10.0. The molecule has 0 aliphatic carbocycles. The minimum absolute atomic E-state index is 1.12. The van der Waals surface area contributed by atoms with E-state index in [0.29, 0.717) is 0 Å². The summed E-state index contributed by atoms with van der Waals surface area (Å²) in [6.45, 7) is 4.94. The number of rotatable bonds is 4. The molecular formula is C23H26N2S. The zero-order valence-electron chi connectivity index (χ0n) is 15.3. The van der Waals surface area contributed by atoms with Crippen molar-refractivity contribution in [2.24, 2.45) is 0 Å². The first-order valence-electron chi connectivity index (χ1n) is 9.96. The molecule has 2 nitrogen and oxygen atoms in total. The number of para-hydroxylation sites is 1. The van der Waals surface area contributed by atoms with Gasteiger partial charge in [0.25, 0.3) is 0 Å². The Kier molecular flexibility index (Phi) is 4.51. The summed E-state index contributed by atoms with van der Waals surface area (Å²) in [6.07, 6.45) is 5.16. The van der Waals surface area contributed by atoms with Gasteiger partial charge in [-0.15, -0.1) is 11.8 Å². The van der Waals surface area contributed by atoms with Crippen molar-refractivity contribution in [1.82, 2.24) is 9.47 Å². The Labute approximate surface area is 160 Å². The van der Waals surface area contributed by atoms with Crippen LogP contribution in [-0.2, 0) is 13.0 Å². The van der Waals surface area contributed by atoms with Crippen LogP contribution >= 0.6 is 11.8 Å². The standard InChI is InChI=1S/C23H26N2S/c1-3-10-21-18(8-1)19-12-17-26-22-11-4-2-9-20(22)23(19)25(21)16-7-15-24-13-5-6-14-24/h1-4,8-11H,5-7,12-17H2. The number of thioether (sulfide) groups is 1. The highest BCUT2D eigenvalue weighted by Crippen LogP contribution is 2.42. The van der Waals surface area contributed by atoms with Crippen molar-refractivity contribution in [3.63, 3.8) is 0 Å². The monoisotopic (exact) mass is 362 g/mol. The zero-order chi connectivity index (χ0) is 17.3. The normalized spacial score (nSPS) is 17.2. The number of hydrogen-bond donors (Lipinski definition) is 0. The Balaban J connectivity index is 1.58. The summed E-state index contributed by atoms with van der Waals surface area (Å²) in [7, 11) is 0. The van der Waals surface area contributed by atoms with Crippen LogP contribution in [0.1, 0.15) is 24.8 Å². The molecule has 2 aromatic carbocycles. The molecule has 1 fully saturated rings. The van der Waals surface area contributed by atoms with Gasteiger partial charge in [0.15, 0.2) is 0 Å². The van der Waals surface area contributed by atoms with Crippen LogP contribution in [0, 0.1) is 0 Å². The first-order chi connectivity index (χ1) is 12.9. The Bertz CT molecular complexity index is 921. The molecule has 0 unspecified atom stereocenters. The van der Waals surface area contributed by atoms with E-state index in [9.17, 15) is 0 Å². The maximum atomic E-state index is 2.63. The van der Waals surface area contributed by atoms with E-state index in [1.165, 1.54) is 71.7 Å². The predicted molar refractivity (Wildman–Crippen MR) is 112 cm³/mol. The fourth-order valence-corrected chi connectivity index (χ4v) is 5.70. The molecule has 0 amide bonds. The molecule has 0 bridgehead atoms. The summed E-state index contributed by atoms with van der Waals surface area (Å²) in [5, 5.41) is 1.46. The molecule has 5 rings (SSSR count). The van der Waals surface area contributed by atoms with Crippen molar-refractivity contribution in [2.45, 2.75) is 37.1 Å². The number of aryl methyl sites for hydroxylation is 2. The second-order valence-corrected chi connectivity index (χ2v) is 8.63. The third-order valence-electron chi connectivity index (χ3n) is 5.88. The molecule has 0 saturated carbocycles. The maximum Gasteiger partial charge on any atom is 0.0535 e. The molecule has 2 aliphatic heterocycles. The van der Waals surface area contributed by atoms with Gasteiger partial charge in [-0.25, -0.2) is 0 Å². The molecule has 3 heterocycles. The van der Waals surface area contributed by atoms with Gasteiger partial charge >= 0.3 is 0 Å². The van der Waals surface area contributed by atoms with Crippen molar-refractivity contribution < 1.29 is 0 Å². The molecule has 2 aliphatic rings. The van der Waals surface area contributed by atoms with Gasteiger partial charge in [0.1, 0.15) is 0 Å². The van der Waals surface area contributed by atoms with Crippen molar-refractivity contribution in [1.29, 1.82) is 0 Å². The quantitative estimate of drug-likeness (QED) is 0.610. The summed E-state index contributed by atoms with van der Waals surface area (Å²) >= 11 is 2.01. The third-order valence-corrected chi connectivity index (χ3v) is 6.96. The van der Waals surface area contributed by atoms with E-state index in [0.717, 1.165) is 13.0 Å². The van der Waals surface area contributed by atoms with E-state index in [1.807, 2.05) is 11.8 Å². The zero-order valence-corrected chi connectivity index (χ0v) is 16.1. The minimum Gasteiger partial charge on any atom is -0.340 e. The van der Waals surface area contributed by atoms with Gasteiger partial charge in [-0.05, 0) is 63.0 Å². The van der Waals surface area contributed by atoms with Crippen LogP contribution in [0.15, 0.2) is 53.4 Å². The Hall–Kier alpha value is -1.71. The Morgan fingerprint density at radius 1 is 0.885 bits per heavy atom. The van der Waals surface area contributed by atoms with E-state index in [1.54, 1.807) is 5.56 Å². The summed E-state index contributed by atoms with van der Waals surface area (Å²) in [4.78, 5) is 4.07. The second kappa shape index (κ2) is 7.13. The number of likely N-dealkylation sites (tertiary alicyclic amines) is 1. The van der Waals surface area contributed by atoms with Gasteiger partial charge in [-0.1, -0.05) is 36.4 Å². The molecule has 0 radical (unpaired) electrons. The van der Waals surface area contributed by atoms with Crippen molar-refractivity contribution in [3.8, 4) is 11.3 Å². The van der Waals surface area contributed by atoms with Crippen LogP contribution in [0.5, 0.6) is 0 Å². The van der Waals surface area contributed by atoms with E-state index in [2.05, 4.69) is 58.0 Å². The van der Waals surface area contributed by atoms with E-state index in [4.69, 9.17) is 0 Å². The van der Waals surface area contributed by atoms with Crippen LogP contribution < -0.4 is 0 Å². The van der Waals surface area contributed by atoms with E-state index in [-0.39, 0.29) is 0 Å². The highest BCUT2D eigenvalue weighted by molar-refractivity contribution is 7.99. The lowest BCUT2D eigenvalue weighted by molar-refractivity contribution is 0.326. The summed E-state index contributed by atoms with van der Waals surface area (Å²) in [5.74, 6) is 1.17. The topological polar surface area (TPSA) is 8.17 Å². The van der Waals surface area contributed by atoms with E-state index < -0.39 is 0 Å². The lowest BCUT2D eigenvalue weighted by Gasteiger charge is -2.17. The number of fused-ring (bicyclic) bond motifs is 5. The van der Waals surface area contributed by atoms with Gasteiger partial charge in [0.2, 0.25) is 0 Å². The minimum atomic E-state index is 1.12. The van der Waals surface area contributed by atoms with Gasteiger partial charge in [-0.3, -0.25) is 0 Å². The Morgan fingerprint density at radius 3 is 2.62 bits per heavy atom. The molecule has 1 saturated heterocycles. The number of benzene rings is 2. The first kappa shape index (κ1) is 16.5. The fraction of sp³-hybridized carbons (Fsp3) is 0.391.